The second-order valence-corrected chi connectivity index (χ2v) is 8.79. The van der Waals surface area contributed by atoms with Gasteiger partial charge >= 0.3 is 0 Å². The van der Waals surface area contributed by atoms with Crippen molar-refractivity contribution in [2.75, 3.05) is 26.1 Å². The monoisotopic (exact) mass is 487 g/mol. The summed E-state index contributed by atoms with van der Waals surface area (Å²) >= 11 is 5.80. The minimum Gasteiger partial charge on any atom is -0.497 e. The van der Waals surface area contributed by atoms with Crippen LogP contribution in [0.4, 0.5) is 5.69 Å². The second-order valence-electron chi connectivity index (χ2n) is 8.40. The van der Waals surface area contributed by atoms with Crippen molar-refractivity contribution < 1.29 is 9.47 Å². The van der Waals surface area contributed by atoms with E-state index >= 15 is 0 Å². The lowest BCUT2D eigenvalue weighted by Crippen LogP contribution is -2.37. The first kappa shape index (κ1) is 24.3. The Bertz CT molecular complexity index is 1400. The number of anilines is 1. The van der Waals surface area contributed by atoms with E-state index in [0.29, 0.717) is 23.8 Å². The molecule has 0 aliphatic heterocycles. The van der Waals surface area contributed by atoms with Gasteiger partial charge in [0.2, 0.25) is 0 Å². The van der Waals surface area contributed by atoms with Crippen LogP contribution in [-0.4, -0.2) is 35.8 Å². The topological polar surface area (TPSA) is 66.6 Å². The largest absolute Gasteiger partial charge is 0.497 e. The predicted octanol–water partition coefficient (Wildman–Crippen LogP) is 5.30. The maximum Gasteiger partial charge on any atom is 0.253 e. The molecule has 3 aromatic carbocycles. The number of rotatable bonds is 8. The number of pyridine rings is 1. The van der Waals surface area contributed by atoms with Gasteiger partial charge in [-0.1, -0.05) is 35.9 Å². The molecule has 0 spiro atoms. The average molecular weight is 488 g/mol. The molecular weight excluding hydrogens is 458 g/mol. The van der Waals surface area contributed by atoms with E-state index in [9.17, 15) is 4.79 Å². The van der Waals surface area contributed by atoms with Crippen LogP contribution < -0.4 is 20.3 Å². The molecule has 0 atom stereocenters. The van der Waals surface area contributed by atoms with Gasteiger partial charge in [0.15, 0.2) is 5.11 Å². The van der Waals surface area contributed by atoms with Crippen molar-refractivity contribution in [2.45, 2.75) is 19.9 Å². The number of fused-ring (bicyclic) bond motifs is 1. The third-order valence-corrected chi connectivity index (χ3v) is 6.21. The van der Waals surface area contributed by atoms with Crippen LogP contribution in [0.1, 0.15) is 16.7 Å². The number of hydrogen-bond acceptors (Lipinski definition) is 4. The van der Waals surface area contributed by atoms with E-state index in [-0.39, 0.29) is 5.56 Å². The fourth-order valence-corrected chi connectivity index (χ4v) is 4.24. The highest BCUT2D eigenvalue weighted by atomic mass is 32.1. The molecule has 0 aliphatic rings. The Hall–Kier alpha value is -3.84. The molecule has 0 aliphatic carbocycles. The van der Waals surface area contributed by atoms with E-state index in [2.05, 4.69) is 41.5 Å². The molecule has 35 heavy (non-hydrogen) atoms. The summed E-state index contributed by atoms with van der Waals surface area (Å²) in [7, 11) is 3.26. The molecule has 0 bridgehead atoms. The van der Waals surface area contributed by atoms with E-state index in [1.54, 1.807) is 14.2 Å². The van der Waals surface area contributed by atoms with Gasteiger partial charge in [0.1, 0.15) is 11.5 Å². The van der Waals surface area contributed by atoms with Crippen LogP contribution in [0.15, 0.2) is 77.6 Å². The van der Waals surface area contributed by atoms with Crippen molar-refractivity contribution in [3.8, 4) is 11.5 Å². The van der Waals surface area contributed by atoms with E-state index in [1.807, 2.05) is 53.4 Å². The van der Waals surface area contributed by atoms with Gasteiger partial charge in [0.05, 0.1) is 20.8 Å². The molecule has 0 saturated heterocycles. The van der Waals surface area contributed by atoms with Crippen molar-refractivity contribution in [3.63, 3.8) is 0 Å². The standard InChI is InChI=1S/C28H29N3O3S/c1-19-6-4-7-20(14-19)12-13-31(28(35)29-23-8-5-9-24(17-23)33-2)18-22-15-21-16-25(34-3)10-11-26(21)30-27(22)32/h4-11,14-17H,12-13,18H2,1-3H3,(H,29,35)(H,30,32). The SMILES string of the molecule is COc1cccc(NC(=S)N(CCc2cccc(C)c2)Cc2cc3cc(OC)ccc3[nH]c2=O)c1. The van der Waals surface area contributed by atoms with Gasteiger partial charge in [-0.05, 0) is 67.5 Å². The van der Waals surface area contributed by atoms with E-state index in [1.165, 1.54) is 11.1 Å². The number of aromatic nitrogens is 1. The summed E-state index contributed by atoms with van der Waals surface area (Å²) < 4.78 is 10.7. The van der Waals surface area contributed by atoms with Gasteiger partial charge in [-0.3, -0.25) is 4.79 Å². The average Bonchev–Trinajstić information content (AvgIpc) is 2.86. The molecule has 0 saturated carbocycles. The Labute approximate surface area is 210 Å². The molecule has 1 heterocycles. The summed E-state index contributed by atoms with van der Waals surface area (Å²) in [5.41, 5.74) is 4.52. The zero-order valence-electron chi connectivity index (χ0n) is 20.1. The molecule has 0 fully saturated rings. The normalized spacial score (nSPS) is 10.7. The molecule has 2 N–H and O–H groups in total. The lowest BCUT2D eigenvalue weighted by Gasteiger charge is -2.26. The number of benzene rings is 3. The summed E-state index contributed by atoms with van der Waals surface area (Å²) in [6, 6.07) is 23.5. The number of nitrogens with one attached hydrogen (secondary N) is 2. The van der Waals surface area contributed by atoms with Gasteiger partial charge < -0.3 is 24.7 Å². The number of aryl methyl sites for hydroxylation is 1. The number of methoxy groups -OCH3 is 2. The fraction of sp³-hybridized carbons (Fsp3) is 0.214. The number of thiocarbonyl (C=S) groups is 1. The molecule has 1 aromatic heterocycles. The maximum absolute atomic E-state index is 12.9. The third-order valence-electron chi connectivity index (χ3n) is 5.85. The van der Waals surface area contributed by atoms with Crippen LogP contribution in [0.5, 0.6) is 11.5 Å². The zero-order valence-corrected chi connectivity index (χ0v) is 20.9. The van der Waals surface area contributed by atoms with Crippen LogP contribution in [0.3, 0.4) is 0 Å². The summed E-state index contributed by atoms with van der Waals surface area (Å²) in [4.78, 5) is 17.9. The summed E-state index contributed by atoms with van der Waals surface area (Å²) in [6.45, 7) is 3.10. The van der Waals surface area contributed by atoms with Crippen molar-refractivity contribution in [3.05, 3.63) is 99.8 Å². The number of aromatic amines is 1. The summed E-state index contributed by atoms with van der Waals surface area (Å²) in [5, 5.41) is 4.75. The third kappa shape index (κ3) is 6.19. The van der Waals surface area contributed by atoms with E-state index in [4.69, 9.17) is 21.7 Å². The number of H-pyrrole nitrogens is 1. The summed E-state index contributed by atoms with van der Waals surface area (Å²) in [5.74, 6) is 1.48. The maximum atomic E-state index is 12.9. The van der Waals surface area contributed by atoms with Gasteiger partial charge in [0.25, 0.3) is 5.56 Å². The molecule has 6 nitrogen and oxygen atoms in total. The highest BCUT2D eigenvalue weighted by molar-refractivity contribution is 7.80. The number of nitrogens with zero attached hydrogens (tertiary/aromatic N) is 1. The van der Waals surface area contributed by atoms with Crippen molar-refractivity contribution in [2.24, 2.45) is 0 Å². The van der Waals surface area contributed by atoms with Crippen molar-refractivity contribution in [1.29, 1.82) is 0 Å². The Kier molecular flexibility index (Phi) is 7.67. The smallest absolute Gasteiger partial charge is 0.253 e. The minimum atomic E-state index is -0.132. The van der Waals surface area contributed by atoms with Crippen LogP contribution in [-0.2, 0) is 13.0 Å². The quantitative estimate of drug-likeness (QED) is 0.329. The van der Waals surface area contributed by atoms with Crippen molar-refractivity contribution in [1.82, 2.24) is 9.88 Å². The lowest BCUT2D eigenvalue weighted by molar-refractivity contribution is 0.414. The molecular formula is C28H29N3O3S. The molecule has 0 radical (unpaired) electrons. The van der Waals surface area contributed by atoms with Crippen LogP contribution in [0, 0.1) is 6.92 Å². The Morgan fingerprint density at radius 3 is 2.51 bits per heavy atom. The highest BCUT2D eigenvalue weighted by Crippen LogP contribution is 2.21. The van der Waals surface area contributed by atoms with Crippen LogP contribution in [0.2, 0.25) is 0 Å². The van der Waals surface area contributed by atoms with E-state index in [0.717, 1.165) is 34.5 Å². The Morgan fingerprint density at radius 1 is 0.971 bits per heavy atom. The Balaban J connectivity index is 1.61. The predicted molar refractivity (Wildman–Crippen MR) is 146 cm³/mol. The Morgan fingerprint density at radius 2 is 1.74 bits per heavy atom. The molecule has 180 valence electrons. The first-order valence-electron chi connectivity index (χ1n) is 11.4. The number of ether oxygens (including phenoxy) is 2. The zero-order chi connectivity index (χ0) is 24.8. The van der Waals surface area contributed by atoms with Gasteiger partial charge in [-0.25, -0.2) is 0 Å². The lowest BCUT2D eigenvalue weighted by atomic mass is 10.1. The highest BCUT2D eigenvalue weighted by Gasteiger charge is 2.15. The molecule has 4 rings (SSSR count). The van der Waals surface area contributed by atoms with Crippen molar-refractivity contribution >= 4 is 33.9 Å². The molecule has 7 heteroatoms. The van der Waals surface area contributed by atoms with Gasteiger partial charge in [-0.2, -0.15) is 0 Å². The van der Waals surface area contributed by atoms with E-state index < -0.39 is 0 Å². The van der Waals surface area contributed by atoms with Gasteiger partial charge in [-0.15, -0.1) is 0 Å². The van der Waals surface area contributed by atoms with Crippen LogP contribution in [0.25, 0.3) is 10.9 Å². The summed E-state index contributed by atoms with van der Waals surface area (Å²) in [6.07, 6.45) is 0.793. The molecule has 0 unspecified atom stereocenters. The molecule has 4 aromatic rings. The minimum absolute atomic E-state index is 0.132. The number of hydrogen-bond donors (Lipinski definition) is 2. The van der Waals surface area contributed by atoms with Gasteiger partial charge in [0, 0.05) is 34.8 Å². The van der Waals surface area contributed by atoms with Crippen LogP contribution >= 0.6 is 12.2 Å². The first-order chi connectivity index (χ1) is 16.9. The fourth-order valence-electron chi connectivity index (χ4n) is 3.97. The second kappa shape index (κ2) is 11.1. The molecule has 0 amide bonds. The first-order valence-corrected chi connectivity index (χ1v) is 11.8.